The lowest BCUT2D eigenvalue weighted by Gasteiger charge is -2.18. The first-order valence-electron chi connectivity index (χ1n) is 6.89. The fourth-order valence-electron chi connectivity index (χ4n) is 2.50. The molecule has 0 spiro atoms. The molecule has 0 bridgehead atoms. The summed E-state index contributed by atoms with van der Waals surface area (Å²) in [6, 6.07) is 12.7. The van der Waals surface area contributed by atoms with Crippen molar-refractivity contribution in [3.63, 3.8) is 0 Å². The van der Waals surface area contributed by atoms with Gasteiger partial charge in [0.2, 0.25) is 5.78 Å². The van der Waals surface area contributed by atoms with Crippen LogP contribution in [0.5, 0.6) is 5.75 Å². The Bertz CT molecular complexity index is 863. The van der Waals surface area contributed by atoms with Crippen molar-refractivity contribution in [3.8, 4) is 5.75 Å². The van der Waals surface area contributed by atoms with Crippen molar-refractivity contribution >= 4 is 17.3 Å². The Morgan fingerprint density at radius 1 is 0.957 bits per heavy atom. The number of hydrogen-bond acceptors (Lipinski definition) is 5. The number of ether oxygens (including phenoxy) is 1. The number of benzene rings is 2. The van der Waals surface area contributed by atoms with Gasteiger partial charge in [0.15, 0.2) is 11.5 Å². The van der Waals surface area contributed by atoms with E-state index in [2.05, 4.69) is 0 Å². The quantitative estimate of drug-likeness (QED) is 0.853. The normalized spacial score (nSPS) is 13.8. The van der Waals surface area contributed by atoms with Crippen molar-refractivity contribution in [1.29, 1.82) is 5.41 Å². The topological polar surface area (TPSA) is 87.4 Å². The lowest BCUT2D eigenvalue weighted by atomic mass is 9.84. The molecule has 0 amide bonds. The molecule has 1 aliphatic rings. The number of carbonyl (C=O) groups is 2. The van der Waals surface area contributed by atoms with Gasteiger partial charge in [-0.05, 0) is 24.3 Å². The van der Waals surface area contributed by atoms with Crippen LogP contribution in [0.4, 0.5) is 0 Å². The van der Waals surface area contributed by atoms with Gasteiger partial charge in [0.05, 0.1) is 18.4 Å². The summed E-state index contributed by atoms with van der Waals surface area (Å²) in [6.45, 7) is 0. The van der Waals surface area contributed by atoms with E-state index in [0.29, 0.717) is 11.3 Å². The zero-order valence-electron chi connectivity index (χ0n) is 12.3. The van der Waals surface area contributed by atoms with Crippen LogP contribution in [0.2, 0.25) is 0 Å². The Balaban J connectivity index is 2.08. The molecule has 1 aliphatic carbocycles. The Kier molecular flexibility index (Phi) is 3.54. The van der Waals surface area contributed by atoms with Crippen molar-refractivity contribution in [2.45, 2.75) is 0 Å². The number of Topliss-reactive ketones (excluding diaryl/α,β-unsaturated/α-hetero) is 2. The highest BCUT2D eigenvalue weighted by Crippen LogP contribution is 2.27. The zero-order chi connectivity index (χ0) is 16.6. The van der Waals surface area contributed by atoms with Crippen molar-refractivity contribution in [1.82, 2.24) is 0 Å². The molecule has 5 nitrogen and oxygen atoms in total. The molecule has 3 rings (SSSR count). The van der Waals surface area contributed by atoms with Crippen molar-refractivity contribution in [2.75, 3.05) is 7.11 Å². The molecule has 2 aromatic carbocycles. The molecule has 0 aromatic heterocycles. The number of rotatable bonds is 3. The van der Waals surface area contributed by atoms with Crippen LogP contribution < -0.4 is 4.74 Å². The fourth-order valence-corrected chi connectivity index (χ4v) is 2.50. The molecule has 0 fully saturated rings. The van der Waals surface area contributed by atoms with E-state index < -0.39 is 17.3 Å². The predicted octanol–water partition coefficient (Wildman–Crippen LogP) is 2.95. The van der Waals surface area contributed by atoms with E-state index in [-0.39, 0.29) is 22.4 Å². The number of aliphatic hydroxyl groups excluding tert-OH is 1. The summed E-state index contributed by atoms with van der Waals surface area (Å²) in [6.07, 6.45) is 0. The molecule has 5 heteroatoms. The standard InChI is InChI=1S/C18H13NO4/c1-23-11-8-6-10(7-9-11)15(19)14-16(20)12-4-2-3-5-13(12)17(21)18(14)22/h2-9,19,22H,1H3. The molecular weight excluding hydrogens is 294 g/mol. The molecule has 0 saturated carbocycles. The van der Waals surface area contributed by atoms with Gasteiger partial charge >= 0.3 is 0 Å². The van der Waals surface area contributed by atoms with Gasteiger partial charge in [0, 0.05) is 16.7 Å². The molecule has 0 heterocycles. The molecule has 114 valence electrons. The van der Waals surface area contributed by atoms with E-state index in [0.717, 1.165) is 0 Å². The molecule has 0 atom stereocenters. The second kappa shape index (κ2) is 5.53. The summed E-state index contributed by atoms with van der Waals surface area (Å²) in [5, 5.41) is 18.3. The summed E-state index contributed by atoms with van der Waals surface area (Å²) in [5.74, 6) is -1.25. The van der Waals surface area contributed by atoms with E-state index in [1.807, 2.05) is 0 Å². The Morgan fingerprint density at radius 2 is 1.52 bits per heavy atom. The maximum absolute atomic E-state index is 12.6. The molecule has 23 heavy (non-hydrogen) atoms. The number of fused-ring (bicyclic) bond motifs is 1. The van der Waals surface area contributed by atoms with E-state index in [9.17, 15) is 14.7 Å². The second-order valence-corrected chi connectivity index (χ2v) is 5.03. The van der Waals surface area contributed by atoms with Crippen molar-refractivity contribution < 1.29 is 19.4 Å². The minimum Gasteiger partial charge on any atom is -0.504 e. The molecule has 0 radical (unpaired) electrons. The van der Waals surface area contributed by atoms with E-state index in [1.165, 1.54) is 19.2 Å². The Morgan fingerprint density at radius 3 is 2.09 bits per heavy atom. The summed E-state index contributed by atoms with van der Waals surface area (Å²) < 4.78 is 5.05. The first-order valence-corrected chi connectivity index (χ1v) is 6.89. The summed E-state index contributed by atoms with van der Waals surface area (Å²) in [5.41, 5.74) is 0.287. The van der Waals surface area contributed by atoms with Crippen LogP contribution in [-0.4, -0.2) is 29.5 Å². The molecule has 2 aromatic rings. The van der Waals surface area contributed by atoms with Crippen LogP contribution in [0.1, 0.15) is 26.3 Å². The average molecular weight is 307 g/mol. The third kappa shape index (κ3) is 2.32. The second-order valence-electron chi connectivity index (χ2n) is 5.03. The number of methoxy groups -OCH3 is 1. The van der Waals surface area contributed by atoms with Crippen LogP contribution in [0.15, 0.2) is 59.9 Å². The van der Waals surface area contributed by atoms with E-state index >= 15 is 0 Å². The van der Waals surface area contributed by atoms with Crippen LogP contribution in [0, 0.1) is 5.41 Å². The number of carbonyl (C=O) groups excluding carboxylic acids is 2. The SMILES string of the molecule is COc1ccc(C(=N)C2=C(O)C(=O)c3ccccc3C2=O)cc1. The minimum absolute atomic E-state index is 0.154. The molecule has 2 N–H and O–H groups in total. The van der Waals surface area contributed by atoms with Gasteiger partial charge in [-0.1, -0.05) is 24.3 Å². The number of aliphatic hydroxyl groups is 1. The summed E-state index contributed by atoms with van der Waals surface area (Å²) >= 11 is 0. The minimum atomic E-state index is -0.686. The van der Waals surface area contributed by atoms with E-state index in [4.69, 9.17) is 10.1 Å². The molecule has 0 unspecified atom stereocenters. The van der Waals surface area contributed by atoms with E-state index in [1.54, 1.807) is 36.4 Å². The van der Waals surface area contributed by atoms with Crippen molar-refractivity contribution in [2.24, 2.45) is 0 Å². The van der Waals surface area contributed by atoms with Gasteiger partial charge in [0.1, 0.15) is 5.75 Å². The van der Waals surface area contributed by atoms with Crippen LogP contribution in [-0.2, 0) is 0 Å². The highest BCUT2D eigenvalue weighted by Gasteiger charge is 2.34. The maximum Gasteiger partial charge on any atom is 0.228 e. The number of hydrogen-bond donors (Lipinski definition) is 2. The zero-order valence-corrected chi connectivity index (χ0v) is 12.3. The van der Waals surface area contributed by atoms with Gasteiger partial charge in [-0.3, -0.25) is 15.0 Å². The molecule has 0 aliphatic heterocycles. The lowest BCUT2D eigenvalue weighted by molar-refractivity contribution is 0.0934. The van der Waals surface area contributed by atoms with Crippen LogP contribution in [0.25, 0.3) is 0 Å². The average Bonchev–Trinajstić information content (AvgIpc) is 2.60. The van der Waals surface area contributed by atoms with Crippen LogP contribution >= 0.6 is 0 Å². The lowest BCUT2D eigenvalue weighted by Crippen LogP contribution is -2.26. The Hall–Kier alpha value is -3.21. The number of allylic oxidation sites excluding steroid dienone is 2. The van der Waals surface area contributed by atoms with Gasteiger partial charge in [0.25, 0.3) is 0 Å². The van der Waals surface area contributed by atoms with Crippen LogP contribution in [0.3, 0.4) is 0 Å². The fraction of sp³-hybridized carbons (Fsp3) is 0.0556. The first kappa shape index (κ1) is 14.7. The third-order valence-corrected chi connectivity index (χ3v) is 3.72. The first-order chi connectivity index (χ1) is 11.0. The highest BCUT2D eigenvalue weighted by atomic mass is 16.5. The smallest absolute Gasteiger partial charge is 0.228 e. The van der Waals surface area contributed by atoms with Gasteiger partial charge in [-0.15, -0.1) is 0 Å². The molecular formula is C18H13NO4. The summed E-state index contributed by atoms with van der Waals surface area (Å²) in [4.78, 5) is 24.8. The largest absolute Gasteiger partial charge is 0.504 e. The van der Waals surface area contributed by atoms with Crippen molar-refractivity contribution in [3.05, 3.63) is 76.6 Å². The number of ketones is 2. The van der Waals surface area contributed by atoms with Gasteiger partial charge < -0.3 is 9.84 Å². The number of nitrogens with one attached hydrogen (secondary N) is 1. The summed E-state index contributed by atoms with van der Waals surface area (Å²) in [7, 11) is 1.52. The van der Waals surface area contributed by atoms with Gasteiger partial charge in [-0.25, -0.2) is 0 Å². The predicted molar refractivity (Wildman–Crippen MR) is 84.6 cm³/mol. The maximum atomic E-state index is 12.6. The monoisotopic (exact) mass is 307 g/mol. The molecule has 0 saturated heterocycles. The highest BCUT2D eigenvalue weighted by molar-refractivity contribution is 6.39. The third-order valence-electron chi connectivity index (χ3n) is 3.72. The Labute approximate surface area is 132 Å². The van der Waals surface area contributed by atoms with Gasteiger partial charge in [-0.2, -0.15) is 0 Å².